The molecule has 0 fully saturated rings. The van der Waals surface area contributed by atoms with Crippen LogP contribution in [-0.2, 0) is 16.4 Å². The average molecular weight is 338 g/mol. The molecule has 2 aromatic rings. The van der Waals surface area contributed by atoms with Crippen molar-refractivity contribution in [1.29, 1.82) is 0 Å². The zero-order chi connectivity index (χ0) is 17.0. The SMILES string of the molecule is CS(=O)(=O)c1cccc(OCCn2cc([N+](=O)[O-])ccc2=O)c1. The summed E-state index contributed by atoms with van der Waals surface area (Å²) >= 11 is 0. The van der Waals surface area contributed by atoms with Crippen molar-refractivity contribution >= 4 is 15.5 Å². The Morgan fingerprint density at radius 2 is 2.00 bits per heavy atom. The number of hydrogen-bond donors (Lipinski definition) is 0. The first-order chi connectivity index (χ1) is 10.8. The number of sulfone groups is 1. The molecule has 2 rings (SSSR count). The number of ether oxygens (including phenoxy) is 1. The summed E-state index contributed by atoms with van der Waals surface area (Å²) in [5, 5.41) is 10.7. The van der Waals surface area contributed by atoms with Crippen molar-refractivity contribution < 1.29 is 18.1 Å². The molecule has 0 saturated heterocycles. The monoisotopic (exact) mass is 338 g/mol. The van der Waals surface area contributed by atoms with Crippen LogP contribution in [0.1, 0.15) is 0 Å². The quantitative estimate of drug-likeness (QED) is 0.579. The van der Waals surface area contributed by atoms with Crippen molar-refractivity contribution in [1.82, 2.24) is 4.57 Å². The molecule has 23 heavy (non-hydrogen) atoms. The molecule has 0 aliphatic heterocycles. The van der Waals surface area contributed by atoms with Crippen LogP contribution in [-0.4, -0.2) is 30.8 Å². The maximum absolute atomic E-state index is 11.6. The number of hydrogen-bond acceptors (Lipinski definition) is 6. The molecule has 0 atom stereocenters. The van der Waals surface area contributed by atoms with Gasteiger partial charge in [-0.05, 0) is 18.2 Å². The van der Waals surface area contributed by atoms with Gasteiger partial charge in [0.15, 0.2) is 9.84 Å². The van der Waals surface area contributed by atoms with Gasteiger partial charge in [-0.1, -0.05) is 6.07 Å². The summed E-state index contributed by atoms with van der Waals surface area (Å²) in [5.41, 5.74) is -0.576. The van der Waals surface area contributed by atoms with Crippen LogP contribution in [0.3, 0.4) is 0 Å². The predicted molar refractivity (Wildman–Crippen MR) is 82.4 cm³/mol. The van der Waals surface area contributed by atoms with Crippen molar-refractivity contribution in [3.05, 3.63) is 63.1 Å². The maximum atomic E-state index is 11.6. The van der Waals surface area contributed by atoms with Crippen LogP contribution in [0.4, 0.5) is 5.69 Å². The lowest BCUT2D eigenvalue weighted by molar-refractivity contribution is -0.385. The standard InChI is InChI=1S/C14H14N2O6S/c1-23(20,21)13-4-2-3-12(9-13)22-8-7-15-10-11(16(18)19)5-6-14(15)17/h2-6,9-10H,7-8H2,1H3. The van der Waals surface area contributed by atoms with Crippen LogP contribution in [0, 0.1) is 10.1 Å². The molecule has 1 aromatic carbocycles. The highest BCUT2D eigenvalue weighted by atomic mass is 32.2. The summed E-state index contributed by atoms with van der Waals surface area (Å²) in [4.78, 5) is 21.9. The van der Waals surface area contributed by atoms with Gasteiger partial charge in [0.1, 0.15) is 12.4 Å². The molecule has 1 heterocycles. The van der Waals surface area contributed by atoms with E-state index in [1.54, 1.807) is 12.1 Å². The molecule has 0 radical (unpaired) electrons. The molecule has 0 unspecified atom stereocenters. The van der Waals surface area contributed by atoms with Crippen molar-refractivity contribution in [3.8, 4) is 5.75 Å². The van der Waals surface area contributed by atoms with Gasteiger partial charge in [0.2, 0.25) is 0 Å². The highest BCUT2D eigenvalue weighted by molar-refractivity contribution is 7.90. The van der Waals surface area contributed by atoms with E-state index in [1.807, 2.05) is 0 Å². The number of rotatable bonds is 6. The maximum Gasteiger partial charge on any atom is 0.285 e. The fourth-order valence-corrected chi connectivity index (χ4v) is 2.51. The second-order valence-electron chi connectivity index (χ2n) is 4.77. The third-order valence-corrected chi connectivity index (χ3v) is 4.12. The largest absolute Gasteiger partial charge is 0.492 e. The molecular weight excluding hydrogens is 324 g/mol. The fourth-order valence-electron chi connectivity index (χ4n) is 1.86. The van der Waals surface area contributed by atoms with Gasteiger partial charge in [0.05, 0.1) is 22.6 Å². The van der Waals surface area contributed by atoms with Gasteiger partial charge in [0, 0.05) is 18.4 Å². The van der Waals surface area contributed by atoms with E-state index in [9.17, 15) is 23.3 Å². The van der Waals surface area contributed by atoms with Crippen LogP contribution in [0.25, 0.3) is 0 Å². The smallest absolute Gasteiger partial charge is 0.285 e. The predicted octanol–water partition coefficient (Wildman–Crippen LogP) is 1.24. The van der Waals surface area contributed by atoms with Gasteiger partial charge >= 0.3 is 0 Å². The average Bonchev–Trinajstić information content (AvgIpc) is 2.48. The van der Waals surface area contributed by atoms with E-state index in [0.29, 0.717) is 5.75 Å². The van der Waals surface area contributed by atoms with E-state index in [1.165, 1.54) is 16.7 Å². The van der Waals surface area contributed by atoms with E-state index in [0.717, 1.165) is 24.6 Å². The molecule has 0 aliphatic carbocycles. The topological polar surface area (TPSA) is 109 Å². The van der Waals surface area contributed by atoms with Crippen molar-refractivity contribution in [3.63, 3.8) is 0 Å². The van der Waals surface area contributed by atoms with Crippen LogP contribution >= 0.6 is 0 Å². The van der Waals surface area contributed by atoms with E-state index in [4.69, 9.17) is 4.74 Å². The van der Waals surface area contributed by atoms with Gasteiger partial charge in [-0.2, -0.15) is 0 Å². The number of pyridine rings is 1. The van der Waals surface area contributed by atoms with E-state index in [-0.39, 0.29) is 29.3 Å². The zero-order valence-corrected chi connectivity index (χ0v) is 13.0. The molecule has 9 heteroatoms. The highest BCUT2D eigenvalue weighted by Gasteiger charge is 2.09. The minimum absolute atomic E-state index is 0.0638. The Labute approximate surface area is 132 Å². The molecule has 0 amide bonds. The molecule has 0 saturated carbocycles. The second-order valence-corrected chi connectivity index (χ2v) is 6.79. The van der Waals surface area contributed by atoms with Crippen molar-refractivity contribution in [2.24, 2.45) is 0 Å². The van der Waals surface area contributed by atoms with E-state index < -0.39 is 14.8 Å². The van der Waals surface area contributed by atoms with Crippen LogP contribution in [0.5, 0.6) is 5.75 Å². The van der Waals surface area contributed by atoms with Crippen LogP contribution < -0.4 is 10.3 Å². The normalized spacial score (nSPS) is 11.2. The van der Waals surface area contributed by atoms with Crippen molar-refractivity contribution in [2.75, 3.05) is 12.9 Å². The van der Waals surface area contributed by atoms with Crippen LogP contribution in [0.15, 0.2) is 52.3 Å². The Hall–Kier alpha value is -2.68. The van der Waals surface area contributed by atoms with E-state index in [2.05, 4.69) is 0 Å². The van der Waals surface area contributed by atoms with Gasteiger partial charge < -0.3 is 9.30 Å². The fraction of sp³-hybridized carbons (Fsp3) is 0.214. The minimum atomic E-state index is -3.33. The lowest BCUT2D eigenvalue weighted by Gasteiger charge is -2.09. The Morgan fingerprint density at radius 3 is 2.65 bits per heavy atom. The highest BCUT2D eigenvalue weighted by Crippen LogP contribution is 2.17. The Balaban J connectivity index is 2.07. The number of aromatic nitrogens is 1. The lowest BCUT2D eigenvalue weighted by atomic mass is 10.3. The third kappa shape index (κ3) is 4.39. The minimum Gasteiger partial charge on any atom is -0.492 e. The molecule has 0 spiro atoms. The molecule has 122 valence electrons. The van der Waals surface area contributed by atoms with Gasteiger partial charge in [-0.15, -0.1) is 0 Å². The number of nitro groups is 1. The van der Waals surface area contributed by atoms with Gasteiger partial charge in [-0.3, -0.25) is 14.9 Å². The Morgan fingerprint density at radius 1 is 1.26 bits per heavy atom. The van der Waals surface area contributed by atoms with Crippen molar-refractivity contribution in [2.45, 2.75) is 11.4 Å². The molecule has 0 N–H and O–H groups in total. The van der Waals surface area contributed by atoms with E-state index >= 15 is 0 Å². The first-order valence-electron chi connectivity index (χ1n) is 6.55. The van der Waals surface area contributed by atoms with Crippen LogP contribution in [0.2, 0.25) is 0 Å². The molecule has 1 aromatic heterocycles. The zero-order valence-electron chi connectivity index (χ0n) is 12.2. The first-order valence-corrected chi connectivity index (χ1v) is 8.44. The second kappa shape index (κ2) is 6.61. The summed E-state index contributed by atoms with van der Waals surface area (Å²) in [6.07, 6.45) is 2.23. The molecule has 8 nitrogen and oxygen atoms in total. The molecule has 0 bridgehead atoms. The number of nitrogens with zero attached hydrogens (tertiary/aromatic N) is 2. The number of benzene rings is 1. The molecular formula is C14H14N2O6S. The third-order valence-electron chi connectivity index (χ3n) is 3.01. The van der Waals surface area contributed by atoms with Gasteiger partial charge in [-0.25, -0.2) is 8.42 Å². The molecule has 0 aliphatic rings. The van der Waals surface area contributed by atoms with Gasteiger partial charge in [0.25, 0.3) is 11.2 Å². The summed E-state index contributed by atoms with van der Waals surface area (Å²) in [6.45, 7) is 0.165. The Bertz CT molecular complexity index is 888. The summed E-state index contributed by atoms with van der Waals surface area (Å²) in [7, 11) is -3.33. The Kier molecular flexibility index (Phi) is 4.80. The summed E-state index contributed by atoms with van der Waals surface area (Å²) in [6, 6.07) is 8.21. The first kappa shape index (κ1) is 16.7. The summed E-state index contributed by atoms with van der Waals surface area (Å²) in [5.74, 6) is 0.339. The lowest BCUT2D eigenvalue weighted by Crippen LogP contribution is -2.22. The summed E-state index contributed by atoms with van der Waals surface area (Å²) < 4.78 is 29.5.